The van der Waals surface area contributed by atoms with Crippen molar-refractivity contribution in [2.24, 2.45) is 5.73 Å². The summed E-state index contributed by atoms with van der Waals surface area (Å²) in [6, 6.07) is 3.97. The number of thiazole rings is 1. The molecule has 3 aromatic rings. The molecule has 9 heteroatoms. The lowest BCUT2D eigenvalue weighted by Crippen LogP contribution is -2.50. The number of furan rings is 1. The first-order valence-corrected chi connectivity index (χ1v) is 9.43. The predicted octanol–water partition coefficient (Wildman–Crippen LogP) is 2.05. The fourth-order valence-electron chi connectivity index (χ4n) is 2.84. The number of aromatic nitrogens is 1. The number of nitrogens with one attached hydrogen (secondary N) is 1. The van der Waals surface area contributed by atoms with E-state index in [9.17, 15) is 14.7 Å². The molecule has 2 amide bonds. The van der Waals surface area contributed by atoms with Crippen molar-refractivity contribution in [2.45, 2.75) is 39.5 Å². The summed E-state index contributed by atoms with van der Waals surface area (Å²) in [5.41, 5.74) is 6.02. The van der Waals surface area contributed by atoms with Crippen LogP contribution >= 0.6 is 11.3 Å². The number of fused-ring (bicyclic) bond motifs is 1. The van der Waals surface area contributed by atoms with Gasteiger partial charge in [0.1, 0.15) is 29.7 Å². The first-order chi connectivity index (χ1) is 13.3. The minimum atomic E-state index is -1.20. The number of aliphatic hydroxyl groups excluding tert-OH is 1. The number of primary amides is 1. The Labute approximate surface area is 165 Å². The summed E-state index contributed by atoms with van der Waals surface area (Å²) in [7, 11) is 0. The van der Waals surface area contributed by atoms with Crippen LogP contribution in [0.1, 0.15) is 32.9 Å². The van der Waals surface area contributed by atoms with Crippen molar-refractivity contribution < 1.29 is 23.8 Å². The van der Waals surface area contributed by atoms with Gasteiger partial charge < -0.3 is 25.3 Å². The average Bonchev–Trinajstić information content (AvgIpc) is 3.18. The molecule has 8 nitrogen and oxygen atoms in total. The number of rotatable bonds is 7. The molecular formula is C19H21N3O5S. The Kier molecular flexibility index (Phi) is 5.66. The maximum Gasteiger partial charge on any atom is 0.256 e. The second-order valence-corrected chi connectivity index (χ2v) is 7.74. The largest absolute Gasteiger partial charge is 0.488 e. The molecule has 2 atom stereocenters. The number of carbonyl (C=O) groups is 2. The van der Waals surface area contributed by atoms with Gasteiger partial charge in [-0.2, -0.15) is 0 Å². The van der Waals surface area contributed by atoms with Crippen LogP contribution in [0.3, 0.4) is 0 Å². The first-order valence-electron chi connectivity index (χ1n) is 8.61. The molecule has 0 aliphatic carbocycles. The standard InChI is InChI=1S/C19H21N3O5S/c1-9(23)17(18(20)24)22-19(25)16-10(2)27-15-5-4-12(6-14(15)16)26-8-13-7-21-11(3)28-13/h4-7,9,17,23H,8H2,1-3H3,(H2,20,24)(H,22,25)/t9-,17+/m1/s1. The fraction of sp³-hybridized carbons (Fsp3) is 0.316. The summed E-state index contributed by atoms with van der Waals surface area (Å²) < 4.78 is 11.4. The number of hydrogen-bond donors (Lipinski definition) is 3. The minimum Gasteiger partial charge on any atom is -0.488 e. The van der Waals surface area contributed by atoms with E-state index >= 15 is 0 Å². The van der Waals surface area contributed by atoms with Crippen LogP contribution in [-0.2, 0) is 11.4 Å². The Balaban J connectivity index is 1.86. The lowest BCUT2D eigenvalue weighted by atomic mass is 10.1. The number of amides is 2. The van der Waals surface area contributed by atoms with E-state index in [0.29, 0.717) is 29.1 Å². The Bertz CT molecular complexity index is 1020. The summed E-state index contributed by atoms with van der Waals surface area (Å²) in [5, 5.41) is 13.6. The molecule has 0 aliphatic heterocycles. The number of benzene rings is 1. The smallest absolute Gasteiger partial charge is 0.256 e. The Morgan fingerprint density at radius 2 is 2.14 bits per heavy atom. The Hall–Kier alpha value is -2.91. The molecule has 0 spiro atoms. The third kappa shape index (κ3) is 4.15. The maximum atomic E-state index is 12.7. The summed E-state index contributed by atoms with van der Waals surface area (Å²) in [6.45, 7) is 5.31. The molecule has 0 radical (unpaired) electrons. The molecular weight excluding hydrogens is 382 g/mol. The zero-order valence-electron chi connectivity index (χ0n) is 15.7. The highest BCUT2D eigenvalue weighted by molar-refractivity contribution is 7.11. The van der Waals surface area contributed by atoms with Gasteiger partial charge in [-0.3, -0.25) is 9.59 Å². The van der Waals surface area contributed by atoms with Gasteiger partial charge in [-0.05, 0) is 39.0 Å². The monoisotopic (exact) mass is 403 g/mol. The zero-order valence-corrected chi connectivity index (χ0v) is 16.5. The van der Waals surface area contributed by atoms with E-state index in [2.05, 4.69) is 10.3 Å². The highest BCUT2D eigenvalue weighted by Gasteiger charge is 2.27. The van der Waals surface area contributed by atoms with Gasteiger partial charge in [0.25, 0.3) is 5.91 Å². The van der Waals surface area contributed by atoms with E-state index in [1.807, 2.05) is 6.92 Å². The van der Waals surface area contributed by atoms with Gasteiger partial charge in [-0.15, -0.1) is 11.3 Å². The van der Waals surface area contributed by atoms with Crippen molar-refractivity contribution in [1.29, 1.82) is 0 Å². The molecule has 0 fully saturated rings. The van der Waals surface area contributed by atoms with E-state index in [0.717, 1.165) is 9.88 Å². The van der Waals surface area contributed by atoms with Gasteiger partial charge in [0.15, 0.2) is 0 Å². The second-order valence-electron chi connectivity index (χ2n) is 6.42. The number of carbonyl (C=O) groups excluding carboxylic acids is 2. The third-order valence-corrected chi connectivity index (χ3v) is 5.07. The molecule has 0 aliphatic rings. The van der Waals surface area contributed by atoms with Crippen molar-refractivity contribution in [1.82, 2.24) is 10.3 Å². The third-order valence-electron chi connectivity index (χ3n) is 4.19. The van der Waals surface area contributed by atoms with E-state index in [-0.39, 0.29) is 5.56 Å². The van der Waals surface area contributed by atoms with Crippen LogP contribution in [0.15, 0.2) is 28.8 Å². The van der Waals surface area contributed by atoms with Crippen molar-refractivity contribution in [3.8, 4) is 5.75 Å². The predicted molar refractivity (Wildman–Crippen MR) is 104 cm³/mol. The number of aliphatic hydroxyl groups is 1. The lowest BCUT2D eigenvalue weighted by molar-refractivity contribution is -0.122. The SMILES string of the molecule is Cc1ncc(COc2ccc3oc(C)c(C(=O)N[C@H](C(N)=O)[C@@H](C)O)c3c2)s1. The molecule has 4 N–H and O–H groups in total. The van der Waals surface area contributed by atoms with Gasteiger partial charge in [0.05, 0.1) is 21.6 Å². The first kappa shape index (κ1) is 19.8. The molecule has 2 heterocycles. The van der Waals surface area contributed by atoms with E-state index < -0.39 is 24.0 Å². The van der Waals surface area contributed by atoms with Gasteiger partial charge in [-0.25, -0.2) is 4.98 Å². The molecule has 0 saturated heterocycles. The molecule has 1 aromatic carbocycles. The summed E-state index contributed by atoms with van der Waals surface area (Å²) in [5.74, 6) is -0.430. The second kappa shape index (κ2) is 7.99. The molecule has 3 rings (SSSR count). The van der Waals surface area contributed by atoms with Crippen LogP contribution < -0.4 is 15.8 Å². The molecule has 0 saturated carbocycles. The van der Waals surface area contributed by atoms with Crippen molar-refractivity contribution in [3.63, 3.8) is 0 Å². The molecule has 0 bridgehead atoms. The Morgan fingerprint density at radius 3 is 2.75 bits per heavy atom. The molecule has 0 unspecified atom stereocenters. The van der Waals surface area contributed by atoms with Crippen molar-refractivity contribution in [2.75, 3.05) is 0 Å². The van der Waals surface area contributed by atoms with Gasteiger partial charge >= 0.3 is 0 Å². The van der Waals surface area contributed by atoms with Crippen molar-refractivity contribution in [3.05, 3.63) is 45.6 Å². The average molecular weight is 403 g/mol. The van der Waals surface area contributed by atoms with E-state index in [4.69, 9.17) is 14.9 Å². The topological polar surface area (TPSA) is 128 Å². The summed E-state index contributed by atoms with van der Waals surface area (Å²) in [6.07, 6.45) is 0.640. The van der Waals surface area contributed by atoms with Crippen LogP contribution in [0, 0.1) is 13.8 Å². The normalized spacial score (nSPS) is 13.3. The number of hydrogen-bond acceptors (Lipinski definition) is 7. The van der Waals surface area contributed by atoms with Gasteiger partial charge in [0.2, 0.25) is 5.91 Å². The summed E-state index contributed by atoms with van der Waals surface area (Å²) in [4.78, 5) is 29.4. The maximum absolute atomic E-state index is 12.7. The molecule has 28 heavy (non-hydrogen) atoms. The van der Waals surface area contributed by atoms with Crippen LogP contribution in [0.25, 0.3) is 11.0 Å². The number of aryl methyl sites for hydroxylation is 2. The highest BCUT2D eigenvalue weighted by Crippen LogP contribution is 2.30. The number of nitrogens with two attached hydrogens (primary N) is 1. The van der Waals surface area contributed by atoms with Crippen LogP contribution in [-0.4, -0.2) is 34.1 Å². The Morgan fingerprint density at radius 1 is 1.39 bits per heavy atom. The summed E-state index contributed by atoms with van der Waals surface area (Å²) >= 11 is 1.55. The van der Waals surface area contributed by atoms with Crippen LogP contribution in [0.4, 0.5) is 0 Å². The lowest BCUT2D eigenvalue weighted by Gasteiger charge is -2.17. The van der Waals surface area contributed by atoms with Gasteiger partial charge in [-0.1, -0.05) is 0 Å². The van der Waals surface area contributed by atoms with Crippen LogP contribution in [0.5, 0.6) is 5.75 Å². The molecule has 2 aromatic heterocycles. The zero-order chi connectivity index (χ0) is 20.4. The number of ether oxygens (including phenoxy) is 1. The minimum absolute atomic E-state index is 0.265. The van der Waals surface area contributed by atoms with Gasteiger partial charge in [0, 0.05) is 11.6 Å². The van der Waals surface area contributed by atoms with Crippen LogP contribution in [0.2, 0.25) is 0 Å². The number of nitrogens with zero attached hydrogens (tertiary/aromatic N) is 1. The molecule has 148 valence electrons. The quantitative estimate of drug-likeness (QED) is 0.554. The van der Waals surface area contributed by atoms with Crippen molar-refractivity contribution >= 4 is 34.1 Å². The highest BCUT2D eigenvalue weighted by atomic mass is 32.1. The van der Waals surface area contributed by atoms with E-state index in [1.54, 1.807) is 42.7 Å². The fourth-order valence-corrected chi connectivity index (χ4v) is 3.55. The van der Waals surface area contributed by atoms with E-state index in [1.165, 1.54) is 6.92 Å².